The first-order chi connectivity index (χ1) is 9.79. The molecule has 0 bridgehead atoms. The molecule has 1 N–H and O–H groups in total. The molecule has 0 aromatic heterocycles. The molecule has 1 radical (unpaired) electrons. The molecular weight excluding hydrogens is 281 g/mol. The number of rotatable bonds is 4. The van der Waals surface area contributed by atoms with E-state index in [-0.39, 0.29) is 17.3 Å². The molecule has 0 aliphatic carbocycles. The Balaban J connectivity index is 2.27. The zero-order valence-electron chi connectivity index (χ0n) is 13.7. The van der Waals surface area contributed by atoms with Crippen molar-refractivity contribution in [2.45, 2.75) is 45.9 Å². The van der Waals surface area contributed by atoms with Gasteiger partial charge in [0.1, 0.15) is 5.82 Å². The molecule has 21 heavy (non-hydrogen) atoms. The molecule has 1 aliphatic heterocycles. The molecule has 0 spiro atoms. The highest BCUT2D eigenvalue weighted by atomic mass is 28.3. The lowest BCUT2D eigenvalue weighted by molar-refractivity contribution is 0.0339. The minimum absolute atomic E-state index is 0.0875. The summed E-state index contributed by atoms with van der Waals surface area (Å²) >= 11 is 0. The molecule has 3 atom stereocenters. The predicted octanol–water partition coefficient (Wildman–Crippen LogP) is 3.81. The third-order valence-corrected chi connectivity index (χ3v) is 4.87. The predicted molar refractivity (Wildman–Crippen MR) is 87.3 cm³/mol. The second-order valence-electron chi connectivity index (χ2n) is 7.30. The van der Waals surface area contributed by atoms with Crippen molar-refractivity contribution in [3.63, 3.8) is 0 Å². The van der Waals surface area contributed by atoms with Crippen LogP contribution in [0, 0.1) is 17.2 Å². The fourth-order valence-electron chi connectivity index (χ4n) is 3.28. The van der Waals surface area contributed by atoms with Gasteiger partial charge in [-0.15, -0.1) is 0 Å². The molecule has 2 rings (SSSR count). The van der Waals surface area contributed by atoms with Crippen LogP contribution in [-0.4, -0.2) is 28.2 Å². The Kier molecular flexibility index (Phi) is 5.23. The summed E-state index contributed by atoms with van der Waals surface area (Å²) in [6.07, 6.45) is 0.199. The lowest BCUT2D eigenvalue weighted by Crippen LogP contribution is -2.42. The topological polar surface area (TPSA) is 21.3 Å². The summed E-state index contributed by atoms with van der Waals surface area (Å²) < 4.78 is 19.9. The third kappa shape index (κ3) is 4.15. The lowest BCUT2D eigenvalue weighted by Gasteiger charge is -2.39. The van der Waals surface area contributed by atoms with Crippen molar-refractivity contribution in [1.82, 2.24) is 5.32 Å². The van der Waals surface area contributed by atoms with Crippen LogP contribution in [0.1, 0.15) is 32.3 Å². The largest absolute Gasteiger partial charge is 0.413 e. The Labute approximate surface area is 129 Å². The van der Waals surface area contributed by atoms with E-state index in [2.05, 4.69) is 39.2 Å². The number of halogens is 1. The van der Waals surface area contributed by atoms with Gasteiger partial charge in [-0.05, 0) is 36.2 Å². The van der Waals surface area contributed by atoms with E-state index < -0.39 is 9.04 Å². The Hall–Kier alpha value is -0.713. The van der Waals surface area contributed by atoms with Gasteiger partial charge in [0.05, 0.1) is 6.10 Å². The smallest absolute Gasteiger partial charge is 0.205 e. The molecule has 0 amide bonds. The van der Waals surface area contributed by atoms with Crippen LogP contribution in [-0.2, 0) is 4.43 Å². The Bertz CT molecular complexity index is 472. The number of nitrogens with one attached hydrogen (secondary N) is 1. The maximum Gasteiger partial charge on any atom is 0.205 e. The average Bonchev–Trinajstić information content (AvgIpc) is 2.83. The summed E-state index contributed by atoms with van der Waals surface area (Å²) in [5.41, 5.74) is 1.17. The van der Waals surface area contributed by atoms with E-state index in [4.69, 9.17) is 4.43 Å². The van der Waals surface area contributed by atoms with Crippen molar-refractivity contribution in [2.75, 3.05) is 13.1 Å². The first-order valence-electron chi connectivity index (χ1n) is 7.72. The SMILES string of the molecule is C[Si](C)O[C@H](C1CNCC1c1cccc(F)c1)C(C)(C)C. The summed E-state index contributed by atoms with van der Waals surface area (Å²) in [7, 11) is -0.767. The van der Waals surface area contributed by atoms with Crippen LogP contribution < -0.4 is 5.32 Å². The standard InChI is InChI=1S/C17H27FNOSi/c1-17(2,3)16(20-21(4)5)15-11-19-10-14(15)12-7-6-8-13(18)9-12/h6-9,14-16,19H,10-11H2,1-5H3/t14?,15?,16-/m1/s1. The molecule has 1 aromatic carbocycles. The van der Waals surface area contributed by atoms with Crippen LogP contribution in [0.2, 0.25) is 13.1 Å². The van der Waals surface area contributed by atoms with Crippen LogP contribution in [0.25, 0.3) is 0 Å². The van der Waals surface area contributed by atoms with E-state index in [9.17, 15) is 4.39 Å². The number of hydrogen-bond donors (Lipinski definition) is 1. The van der Waals surface area contributed by atoms with Crippen LogP contribution in [0.5, 0.6) is 0 Å². The van der Waals surface area contributed by atoms with Crippen molar-refractivity contribution in [1.29, 1.82) is 0 Å². The van der Waals surface area contributed by atoms with E-state index in [0.29, 0.717) is 11.8 Å². The fourth-order valence-corrected chi connectivity index (χ4v) is 4.32. The first kappa shape index (κ1) is 16.7. The molecule has 4 heteroatoms. The van der Waals surface area contributed by atoms with Gasteiger partial charge in [-0.3, -0.25) is 0 Å². The number of hydrogen-bond acceptors (Lipinski definition) is 2. The van der Waals surface area contributed by atoms with Gasteiger partial charge in [-0.25, -0.2) is 4.39 Å². The quantitative estimate of drug-likeness (QED) is 0.854. The van der Waals surface area contributed by atoms with Gasteiger partial charge in [0.2, 0.25) is 9.04 Å². The highest BCUT2D eigenvalue weighted by molar-refractivity contribution is 6.48. The molecule has 2 nitrogen and oxygen atoms in total. The summed E-state index contributed by atoms with van der Waals surface area (Å²) in [6, 6.07) is 7.03. The lowest BCUT2D eigenvalue weighted by atomic mass is 9.75. The van der Waals surface area contributed by atoms with Crippen LogP contribution >= 0.6 is 0 Å². The van der Waals surface area contributed by atoms with Gasteiger partial charge < -0.3 is 9.74 Å². The number of benzene rings is 1. The van der Waals surface area contributed by atoms with E-state index in [1.54, 1.807) is 6.07 Å². The highest BCUT2D eigenvalue weighted by Crippen LogP contribution is 2.39. The van der Waals surface area contributed by atoms with Crippen LogP contribution in [0.15, 0.2) is 24.3 Å². The van der Waals surface area contributed by atoms with E-state index >= 15 is 0 Å². The molecule has 1 heterocycles. The highest BCUT2D eigenvalue weighted by Gasteiger charge is 2.41. The van der Waals surface area contributed by atoms with Crippen molar-refractivity contribution >= 4 is 9.04 Å². The Morgan fingerprint density at radius 2 is 2.00 bits per heavy atom. The third-order valence-electron chi connectivity index (χ3n) is 4.14. The van der Waals surface area contributed by atoms with E-state index in [0.717, 1.165) is 18.7 Å². The monoisotopic (exact) mass is 308 g/mol. The summed E-state index contributed by atoms with van der Waals surface area (Å²) in [6.45, 7) is 12.9. The van der Waals surface area contributed by atoms with Gasteiger partial charge in [0.25, 0.3) is 0 Å². The minimum Gasteiger partial charge on any atom is -0.413 e. The molecule has 1 aromatic rings. The zero-order chi connectivity index (χ0) is 15.6. The molecule has 1 aliphatic rings. The second-order valence-corrected chi connectivity index (χ2v) is 9.35. The summed E-state index contributed by atoms with van der Waals surface area (Å²) in [5.74, 6) is 0.570. The fraction of sp³-hybridized carbons (Fsp3) is 0.647. The second kappa shape index (κ2) is 6.59. The molecule has 2 unspecified atom stereocenters. The maximum atomic E-state index is 13.5. The van der Waals surface area contributed by atoms with Crippen molar-refractivity contribution < 1.29 is 8.82 Å². The van der Waals surface area contributed by atoms with Gasteiger partial charge in [-0.2, -0.15) is 0 Å². The molecule has 1 fully saturated rings. The summed E-state index contributed by atoms with van der Waals surface area (Å²) in [5, 5.41) is 3.48. The molecule has 117 valence electrons. The minimum atomic E-state index is -0.767. The first-order valence-corrected chi connectivity index (χ1v) is 10.1. The normalized spacial score (nSPS) is 24.5. The van der Waals surface area contributed by atoms with Crippen molar-refractivity contribution in [3.05, 3.63) is 35.6 Å². The van der Waals surface area contributed by atoms with Crippen molar-refractivity contribution in [3.8, 4) is 0 Å². The van der Waals surface area contributed by atoms with Gasteiger partial charge >= 0.3 is 0 Å². The average molecular weight is 308 g/mol. The van der Waals surface area contributed by atoms with Gasteiger partial charge in [0.15, 0.2) is 0 Å². The summed E-state index contributed by atoms with van der Waals surface area (Å²) in [4.78, 5) is 0. The Morgan fingerprint density at radius 3 is 2.57 bits per heavy atom. The van der Waals surface area contributed by atoms with Crippen LogP contribution in [0.4, 0.5) is 4.39 Å². The molecule has 0 saturated carbocycles. The molecular formula is C17H27FNOSi. The van der Waals surface area contributed by atoms with E-state index in [1.807, 2.05) is 12.1 Å². The van der Waals surface area contributed by atoms with Gasteiger partial charge in [-0.1, -0.05) is 32.9 Å². The van der Waals surface area contributed by atoms with Crippen LogP contribution in [0.3, 0.4) is 0 Å². The maximum absolute atomic E-state index is 13.5. The van der Waals surface area contributed by atoms with E-state index in [1.165, 1.54) is 6.07 Å². The van der Waals surface area contributed by atoms with Gasteiger partial charge in [0, 0.05) is 24.9 Å². The van der Waals surface area contributed by atoms with Crippen molar-refractivity contribution in [2.24, 2.45) is 11.3 Å². The zero-order valence-corrected chi connectivity index (χ0v) is 14.7. The molecule has 1 saturated heterocycles. The Morgan fingerprint density at radius 1 is 1.29 bits per heavy atom.